The lowest BCUT2D eigenvalue weighted by Crippen LogP contribution is -2.57. The van der Waals surface area contributed by atoms with Crippen molar-refractivity contribution in [2.75, 3.05) is 6.54 Å². The van der Waals surface area contributed by atoms with E-state index in [0.29, 0.717) is 19.4 Å². The summed E-state index contributed by atoms with van der Waals surface area (Å²) in [6.45, 7) is 5.85. The molecule has 5 nitrogen and oxygen atoms in total. The first kappa shape index (κ1) is 11.4. The Labute approximate surface area is 94.2 Å². The summed E-state index contributed by atoms with van der Waals surface area (Å²) in [5.41, 5.74) is -2.00. The molecular formula is C11H17NO4. The maximum Gasteiger partial charge on any atom is 0.323 e. The van der Waals surface area contributed by atoms with Crippen molar-refractivity contribution in [1.29, 1.82) is 0 Å². The second-order valence-electron chi connectivity index (χ2n) is 5.88. The molecule has 0 spiro atoms. The number of fused-ring (bicyclic) bond motifs is 1. The molecule has 0 aromatic carbocycles. The Bertz CT molecular complexity index is 349. The zero-order chi connectivity index (χ0) is 12.2. The number of carboxylic acid groups (broad SMARTS) is 1. The highest BCUT2D eigenvalue weighted by molar-refractivity contribution is 5.90. The molecule has 2 N–H and O–H groups in total. The van der Waals surface area contributed by atoms with Crippen LogP contribution in [0.1, 0.15) is 33.6 Å². The predicted molar refractivity (Wildman–Crippen MR) is 55.9 cm³/mol. The monoisotopic (exact) mass is 227 g/mol. The summed E-state index contributed by atoms with van der Waals surface area (Å²) in [6, 6.07) is 0. The minimum absolute atomic E-state index is 0.276. The van der Waals surface area contributed by atoms with Gasteiger partial charge in [-0.25, -0.2) is 0 Å². The van der Waals surface area contributed by atoms with Crippen molar-refractivity contribution in [3.63, 3.8) is 0 Å². The number of hydrogen-bond donors (Lipinski definition) is 2. The topological polar surface area (TPSA) is 75.6 Å². The van der Waals surface area contributed by atoms with E-state index >= 15 is 0 Å². The van der Waals surface area contributed by atoms with Crippen LogP contribution in [0.4, 0.5) is 0 Å². The van der Waals surface area contributed by atoms with Gasteiger partial charge in [-0.2, -0.15) is 0 Å². The van der Waals surface area contributed by atoms with Gasteiger partial charge in [0.05, 0.1) is 5.41 Å². The van der Waals surface area contributed by atoms with E-state index in [2.05, 4.69) is 5.32 Å². The molecule has 5 heteroatoms. The first-order valence-corrected chi connectivity index (χ1v) is 5.41. The summed E-state index contributed by atoms with van der Waals surface area (Å²) >= 11 is 0. The Kier molecular flexibility index (Phi) is 2.11. The van der Waals surface area contributed by atoms with Crippen LogP contribution in [0.2, 0.25) is 0 Å². The summed E-state index contributed by atoms with van der Waals surface area (Å²) in [5, 5.41) is 11.9. The van der Waals surface area contributed by atoms with E-state index in [9.17, 15) is 9.59 Å². The van der Waals surface area contributed by atoms with Gasteiger partial charge in [-0.3, -0.25) is 9.59 Å². The summed E-state index contributed by atoms with van der Waals surface area (Å²) in [6.07, 6.45) is 0.703. The number of ether oxygens (including phenoxy) is 1. The number of esters is 1. The molecule has 2 heterocycles. The lowest BCUT2D eigenvalue weighted by Gasteiger charge is -2.42. The Morgan fingerprint density at radius 3 is 2.25 bits per heavy atom. The Balaban J connectivity index is 2.05. The van der Waals surface area contributed by atoms with Gasteiger partial charge in [0.25, 0.3) is 0 Å². The molecule has 3 fully saturated rings. The fourth-order valence-corrected chi connectivity index (χ4v) is 2.52. The van der Waals surface area contributed by atoms with E-state index in [1.54, 1.807) is 0 Å². The van der Waals surface area contributed by atoms with E-state index < -0.39 is 22.5 Å². The summed E-state index contributed by atoms with van der Waals surface area (Å²) in [7, 11) is 0. The largest absolute Gasteiger partial charge is 0.480 e. The van der Waals surface area contributed by atoms with Crippen molar-refractivity contribution in [2.24, 2.45) is 5.41 Å². The van der Waals surface area contributed by atoms with E-state index in [4.69, 9.17) is 9.84 Å². The molecule has 0 aromatic heterocycles. The van der Waals surface area contributed by atoms with Crippen molar-refractivity contribution in [3.8, 4) is 0 Å². The fraction of sp³-hybridized carbons (Fsp3) is 0.818. The van der Waals surface area contributed by atoms with Crippen LogP contribution in [0, 0.1) is 5.41 Å². The Morgan fingerprint density at radius 1 is 1.31 bits per heavy atom. The highest BCUT2D eigenvalue weighted by Gasteiger charge is 2.69. The van der Waals surface area contributed by atoms with E-state index in [0.717, 1.165) is 0 Å². The predicted octanol–water partition coefficient (Wildman–Crippen LogP) is 0.535. The van der Waals surface area contributed by atoms with Gasteiger partial charge in [-0.15, -0.1) is 0 Å². The lowest BCUT2D eigenvalue weighted by molar-refractivity contribution is -0.174. The highest BCUT2D eigenvalue weighted by atomic mass is 16.6. The normalized spacial score (nSPS) is 36.7. The van der Waals surface area contributed by atoms with Crippen LogP contribution >= 0.6 is 0 Å². The SMILES string of the molecule is CC(C)(C)OC(=O)C12CNC(C(=O)O)(C1)C2. The molecule has 0 aromatic rings. The molecule has 1 saturated carbocycles. The van der Waals surface area contributed by atoms with Gasteiger partial charge in [0, 0.05) is 6.54 Å². The van der Waals surface area contributed by atoms with Crippen LogP contribution in [-0.4, -0.2) is 34.7 Å². The second-order valence-corrected chi connectivity index (χ2v) is 5.88. The minimum atomic E-state index is -0.878. The van der Waals surface area contributed by atoms with Gasteiger partial charge in [0.2, 0.25) is 0 Å². The van der Waals surface area contributed by atoms with Gasteiger partial charge in [0.15, 0.2) is 0 Å². The third kappa shape index (κ3) is 1.50. The van der Waals surface area contributed by atoms with E-state index in [-0.39, 0.29) is 5.97 Å². The molecular weight excluding hydrogens is 210 g/mol. The number of aliphatic carboxylic acids is 1. The molecule has 0 atom stereocenters. The van der Waals surface area contributed by atoms with E-state index in [1.165, 1.54) is 0 Å². The number of carbonyl (C=O) groups is 2. The molecule has 0 radical (unpaired) electrons. The quantitative estimate of drug-likeness (QED) is 0.673. The molecule has 90 valence electrons. The lowest BCUT2D eigenvalue weighted by atomic mass is 9.62. The van der Waals surface area contributed by atoms with E-state index in [1.807, 2.05) is 20.8 Å². The van der Waals surface area contributed by atoms with Crippen molar-refractivity contribution >= 4 is 11.9 Å². The minimum Gasteiger partial charge on any atom is -0.480 e. The van der Waals surface area contributed by atoms with Crippen LogP contribution < -0.4 is 5.32 Å². The van der Waals surface area contributed by atoms with Gasteiger partial charge < -0.3 is 15.2 Å². The van der Waals surface area contributed by atoms with Crippen LogP contribution in [0.3, 0.4) is 0 Å². The third-order valence-corrected chi connectivity index (χ3v) is 3.29. The van der Waals surface area contributed by atoms with Crippen LogP contribution in [0.15, 0.2) is 0 Å². The molecule has 2 aliphatic heterocycles. The molecule has 3 rings (SSSR count). The molecule has 2 saturated heterocycles. The number of rotatable bonds is 2. The molecule has 3 aliphatic rings. The number of hydrogen-bond acceptors (Lipinski definition) is 4. The third-order valence-electron chi connectivity index (χ3n) is 3.29. The molecule has 16 heavy (non-hydrogen) atoms. The number of nitrogens with one attached hydrogen (secondary N) is 1. The van der Waals surface area contributed by atoms with Gasteiger partial charge >= 0.3 is 11.9 Å². The molecule has 1 aliphatic carbocycles. The first-order valence-electron chi connectivity index (χ1n) is 5.41. The van der Waals surface area contributed by atoms with Crippen LogP contribution in [0.5, 0.6) is 0 Å². The van der Waals surface area contributed by atoms with Crippen LogP contribution in [-0.2, 0) is 14.3 Å². The van der Waals surface area contributed by atoms with Gasteiger partial charge in [-0.05, 0) is 33.6 Å². The summed E-state index contributed by atoms with van der Waals surface area (Å²) in [4.78, 5) is 22.9. The fourth-order valence-electron chi connectivity index (χ4n) is 2.52. The van der Waals surface area contributed by atoms with Gasteiger partial charge in [0.1, 0.15) is 11.1 Å². The van der Waals surface area contributed by atoms with Crippen molar-refractivity contribution in [1.82, 2.24) is 5.32 Å². The summed E-state index contributed by atoms with van der Waals surface area (Å²) < 4.78 is 5.32. The maximum absolute atomic E-state index is 11.9. The van der Waals surface area contributed by atoms with Crippen LogP contribution in [0.25, 0.3) is 0 Å². The number of carboxylic acids is 1. The molecule has 2 bridgehead atoms. The average molecular weight is 227 g/mol. The summed E-state index contributed by atoms with van der Waals surface area (Å²) in [5.74, 6) is -1.15. The molecule has 0 amide bonds. The highest BCUT2D eigenvalue weighted by Crippen LogP contribution is 2.55. The van der Waals surface area contributed by atoms with Crippen molar-refractivity contribution in [3.05, 3.63) is 0 Å². The average Bonchev–Trinajstić information content (AvgIpc) is 2.53. The first-order chi connectivity index (χ1) is 7.19. The second kappa shape index (κ2) is 2.97. The standard InChI is InChI=1S/C11H17NO4/c1-9(2,3)16-8(15)10-4-11(5-10,7(13)14)12-6-10/h12H,4-6H2,1-3H3,(H,13,14). The Hall–Kier alpha value is -1.10. The van der Waals surface area contributed by atoms with Crippen molar-refractivity contribution < 1.29 is 19.4 Å². The van der Waals surface area contributed by atoms with Gasteiger partial charge in [-0.1, -0.05) is 0 Å². The smallest absolute Gasteiger partial charge is 0.323 e. The molecule has 0 unspecified atom stereocenters. The van der Waals surface area contributed by atoms with Crippen molar-refractivity contribution in [2.45, 2.75) is 44.8 Å². The number of carbonyl (C=O) groups excluding carboxylic acids is 1. The Morgan fingerprint density at radius 2 is 1.88 bits per heavy atom. The zero-order valence-electron chi connectivity index (χ0n) is 9.79. The zero-order valence-corrected chi connectivity index (χ0v) is 9.79. The maximum atomic E-state index is 11.9.